The van der Waals surface area contributed by atoms with Crippen molar-refractivity contribution in [3.8, 4) is 0 Å². The molecule has 0 bridgehead atoms. The van der Waals surface area contributed by atoms with Crippen molar-refractivity contribution in [3.63, 3.8) is 0 Å². The van der Waals surface area contributed by atoms with Gasteiger partial charge in [0.1, 0.15) is 0 Å². The predicted octanol–water partition coefficient (Wildman–Crippen LogP) is 3.95. The highest BCUT2D eigenvalue weighted by Crippen LogP contribution is 2.08. The number of rotatable bonds is 4. The second-order valence-corrected chi connectivity index (χ2v) is 3.38. The minimum atomic E-state index is 1.21. The molecule has 0 nitrogen and oxygen atoms in total. The molecule has 0 spiro atoms. The van der Waals surface area contributed by atoms with Gasteiger partial charge in [-0.3, -0.25) is 0 Å². The molecule has 1 aromatic heterocycles. The van der Waals surface area contributed by atoms with Crippen LogP contribution in [-0.4, -0.2) is 0 Å². The maximum atomic E-state index is 2.26. The van der Waals surface area contributed by atoms with Gasteiger partial charge in [-0.2, -0.15) is 11.3 Å². The Morgan fingerprint density at radius 2 is 2.45 bits per heavy atom. The van der Waals surface area contributed by atoms with Gasteiger partial charge in [-0.15, -0.1) is 0 Å². The first kappa shape index (κ1) is 8.54. The fourth-order valence-electron chi connectivity index (χ4n) is 0.911. The molecule has 0 unspecified atom stereocenters. The van der Waals surface area contributed by atoms with Crippen molar-refractivity contribution in [2.45, 2.75) is 26.2 Å². The molecule has 0 N–H and O–H groups in total. The average molecular weight is 166 g/mol. The number of thiophene rings is 1. The molecule has 0 aliphatic carbocycles. The topological polar surface area (TPSA) is 0 Å². The summed E-state index contributed by atoms with van der Waals surface area (Å²) in [4.78, 5) is 0. The maximum Gasteiger partial charge on any atom is -0.00209 e. The molecule has 0 aromatic carbocycles. The normalized spacial score (nSPS) is 11.0. The van der Waals surface area contributed by atoms with Crippen molar-refractivity contribution >= 4 is 17.4 Å². The van der Waals surface area contributed by atoms with Crippen LogP contribution in [0, 0.1) is 0 Å². The fraction of sp³-hybridized carbons (Fsp3) is 0.400. The third-order valence-corrected chi connectivity index (χ3v) is 2.28. The minimum Gasteiger partial charge on any atom is -0.152 e. The first-order valence-electron chi connectivity index (χ1n) is 4.12. The molecule has 0 amide bonds. The molecule has 11 heavy (non-hydrogen) atoms. The van der Waals surface area contributed by atoms with Crippen LogP contribution in [0.2, 0.25) is 0 Å². The van der Waals surface area contributed by atoms with Gasteiger partial charge in [0.15, 0.2) is 0 Å². The summed E-state index contributed by atoms with van der Waals surface area (Å²) in [6, 6.07) is 2.15. The summed E-state index contributed by atoms with van der Waals surface area (Å²) >= 11 is 1.75. The first-order chi connectivity index (χ1) is 5.43. The Morgan fingerprint density at radius 3 is 3.09 bits per heavy atom. The lowest BCUT2D eigenvalue weighted by Gasteiger charge is -1.87. The van der Waals surface area contributed by atoms with E-state index in [0.717, 1.165) is 0 Å². The summed E-state index contributed by atoms with van der Waals surface area (Å²) in [5.74, 6) is 0. The second kappa shape index (κ2) is 5.14. The number of unbranched alkanes of at least 4 members (excludes halogenated alkanes) is 2. The van der Waals surface area contributed by atoms with Gasteiger partial charge in [-0.05, 0) is 28.8 Å². The zero-order valence-corrected chi connectivity index (χ0v) is 7.73. The zero-order chi connectivity index (χ0) is 7.94. The lowest BCUT2D eigenvalue weighted by atomic mass is 10.2. The van der Waals surface area contributed by atoms with Gasteiger partial charge >= 0.3 is 0 Å². The van der Waals surface area contributed by atoms with E-state index < -0.39 is 0 Å². The van der Waals surface area contributed by atoms with Crippen molar-refractivity contribution in [2.24, 2.45) is 0 Å². The molecule has 0 radical (unpaired) electrons. The fourth-order valence-corrected chi connectivity index (χ4v) is 1.54. The molecule has 0 saturated carbocycles. The number of allylic oxidation sites excluding steroid dienone is 1. The standard InChI is InChI=1S/C10H14S/c1-2-3-4-5-6-10-7-8-11-9-10/h5-9H,2-4H2,1H3/b6-5+. The van der Waals surface area contributed by atoms with Crippen LogP contribution in [0.25, 0.3) is 6.08 Å². The molecule has 0 saturated heterocycles. The van der Waals surface area contributed by atoms with Crippen LogP contribution in [0.1, 0.15) is 31.7 Å². The summed E-state index contributed by atoms with van der Waals surface area (Å²) in [7, 11) is 0. The van der Waals surface area contributed by atoms with Crippen LogP contribution in [0.15, 0.2) is 22.9 Å². The van der Waals surface area contributed by atoms with Crippen LogP contribution in [0.3, 0.4) is 0 Å². The van der Waals surface area contributed by atoms with Crippen LogP contribution in [-0.2, 0) is 0 Å². The van der Waals surface area contributed by atoms with Crippen LogP contribution >= 0.6 is 11.3 Å². The largest absolute Gasteiger partial charge is 0.152 e. The van der Waals surface area contributed by atoms with E-state index in [-0.39, 0.29) is 0 Å². The number of hydrogen-bond donors (Lipinski definition) is 0. The minimum absolute atomic E-state index is 1.21. The van der Waals surface area contributed by atoms with E-state index in [9.17, 15) is 0 Å². The zero-order valence-electron chi connectivity index (χ0n) is 6.92. The summed E-state index contributed by atoms with van der Waals surface area (Å²) in [6.07, 6.45) is 8.26. The van der Waals surface area contributed by atoms with E-state index in [0.29, 0.717) is 0 Å². The van der Waals surface area contributed by atoms with Gasteiger partial charge in [0, 0.05) is 0 Å². The molecule has 1 aromatic rings. The van der Waals surface area contributed by atoms with Gasteiger partial charge in [0.25, 0.3) is 0 Å². The van der Waals surface area contributed by atoms with Crippen molar-refractivity contribution in [3.05, 3.63) is 28.5 Å². The maximum absolute atomic E-state index is 2.26. The van der Waals surface area contributed by atoms with Gasteiger partial charge in [0.05, 0.1) is 0 Å². The van der Waals surface area contributed by atoms with Crippen molar-refractivity contribution < 1.29 is 0 Å². The van der Waals surface area contributed by atoms with E-state index in [1.54, 1.807) is 11.3 Å². The Kier molecular flexibility index (Phi) is 3.99. The molecular weight excluding hydrogens is 152 g/mol. The van der Waals surface area contributed by atoms with Crippen molar-refractivity contribution in [1.82, 2.24) is 0 Å². The molecule has 0 atom stereocenters. The molecular formula is C10H14S. The van der Waals surface area contributed by atoms with E-state index in [1.807, 2.05) is 0 Å². The van der Waals surface area contributed by atoms with Crippen LogP contribution in [0.5, 0.6) is 0 Å². The summed E-state index contributed by atoms with van der Waals surface area (Å²) in [5, 5.41) is 4.28. The molecule has 1 rings (SSSR count). The first-order valence-corrected chi connectivity index (χ1v) is 5.06. The Bertz CT molecular complexity index is 197. The lowest BCUT2D eigenvalue weighted by Crippen LogP contribution is -1.66. The summed E-state index contributed by atoms with van der Waals surface area (Å²) in [6.45, 7) is 2.22. The molecule has 0 aliphatic heterocycles. The molecule has 60 valence electrons. The van der Waals surface area contributed by atoms with Crippen LogP contribution < -0.4 is 0 Å². The van der Waals surface area contributed by atoms with Crippen molar-refractivity contribution in [1.29, 1.82) is 0 Å². The lowest BCUT2D eigenvalue weighted by molar-refractivity contribution is 0.816. The smallest absolute Gasteiger partial charge is 0.00209 e. The van der Waals surface area contributed by atoms with E-state index >= 15 is 0 Å². The van der Waals surface area contributed by atoms with Gasteiger partial charge in [-0.1, -0.05) is 31.9 Å². The highest BCUT2D eigenvalue weighted by Gasteiger charge is 1.83. The SMILES string of the molecule is CCCC/C=C/c1ccsc1. The van der Waals surface area contributed by atoms with Gasteiger partial charge in [-0.25, -0.2) is 0 Å². The highest BCUT2D eigenvalue weighted by molar-refractivity contribution is 7.08. The summed E-state index contributed by atoms with van der Waals surface area (Å²) < 4.78 is 0. The molecule has 1 heteroatoms. The van der Waals surface area contributed by atoms with Crippen molar-refractivity contribution in [2.75, 3.05) is 0 Å². The Morgan fingerprint density at radius 1 is 1.55 bits per heavy atom. The average Bonchev–Trinajstić information content (AvgIpc) is 2.50. The second-order valence-electron chi connectivity index (χ2n) is 2.60. The highest BCUT2D eigenvalue weighted by atomic mass is 32.1. The Hall–Kier alpha value is -0.560. The van der Waals surface area contributed by atoms with Crippen LogP contribution in [0.4, 0.5) is 0 Å². The van der Waals surface area contributed by atoms with Gasteiger partial charge < -0.3 is 0 Å². The van der Waals surface area contributed by atoms with E-state index in [4.69, 9.17) is 0 Å². The predicted molar refractivity (Wildman–Crippen MR) is 52.9 cm³/mol. The number of hydrogen-bond acceptors (Lipinski definition) is 1. The Labute approximate surface area is 72.6 Å². The molecule has 0 aliphatic rings. The summed E-state index contributed by atoms with van der Waals surface area (Å²) in [5.41, 5.74) is 1.34. The quantitative estimate of drug-likeness (QED) is 0.594. The monoisotopic (exact) mass is 166 g/mol. The van der Waals surface area contributed by atoms with E-state index in [1.165, 1.54) is 24.8 Å². The third-order valence-electron chi connectivity index (χ3n) is 1.58. The third kappa shape index (κ3) is 3.38. The molecule has 1 heterocycles. The Balaban J connectivity index is 2.25. The van der Waals surface area contributed by atoms with Gasteiger partial charge in [0.2, 0.25) is 0 Å². The molecule has 0 fully saturated rings. The van der Waals surface area contributed by atoms with E-state index in [2.05, 4.69) is 35.9 Å².